The topological polar surface area (TPSA) is 58.4 Å². The van der Waals surface area contributed by atoms with Crippen LogP contribution in [0.4, 0.5) is 0 Å². The Labute approximate surface area is 114 Å². The van der Waals surface area contributed by atoms with Gasteiger partial charge in [-0.15, -0.1) is 0 Å². The summed E-state index contributed by atoms with van der Waals surface area (Å²) in [7, 11) is 1.94. The fourth-order valence-corrected chi connectivity index (χ4v) is 2.93. The van der Waals surface area contributed by atoms with E-state index >= 15 is 0 Å². The predicted octanol–water partition coefficient (Wildman–Crippen LogP) is 1.81. The molecule has 19 heavy (non-hydrogen) atoms. The van der Waals surface area contributed by atoms with Crippen molar-refractivity contribution in [1.29, 1.82) is 0 Å². The number of aryl methyl sites for hydroxylation is 2. The van der Waals surface area contributed by atoms with E-state index in [0.29, 0.717) is 0 Å². The van der Waals surface area contributed by atoms with Gasteiger partial charge in [0.05, 0.1) is 12.1 Å². The maximum atomic E-state index is 10.9. The molecule has 0 spiro atoms. The Morgan fingerprint density at radius 3 is 3.00 bits per heavy atom. The molecular weight excluding hydrogens is 242 g/mol. The summed E-state index contributed by atoms with van der Waals surface area (Å²) in [6, 6.07) is 0.177. The molecule has 5 heteroatoms. The summed E-state index contributed by atoms with van der Waals surface area (Å²) in [5.74, 6) is -0.696. The molecule has 1 aliphatic heterocycles. The highest BCUT2D eigenvalue weighted by Gasteiger charge is 2.25. The maximum absolute atomic E-state index is 10.9. The second kappa shape index (κ2) is 6.19. The zero-order valence-electron chi connectivity index (χ0n) is 11.8. The van der Waals surface area contributed by atoms with E-state index in [9.17, 15) is 4.79 Å². The number of piperidine rings is 1. The summed E-state index contributed by atoms with van der Waals surface area (Å²) >= 11 is 0. The molecule has 0 aliphatic carbocycles. The summed E-state index contributed by atoms with van der Waals surface area (Å²) in [6.45, 7) is 3.93. The highest BCUT2D eigenvalue weighted by molar-refractivity contribution is 5.67. The number of carboxylic acids is 1. The minimum atomic E-state index is -0.696. The van der Waals surface area contributed by atoms with Gasteiger partial charge in [0.25, 0.3) is 0 Å². The van der Waals surface area contributed by atoms with E-state index in [0.717, 1.165) is 44.5 Å². The van der Waals surface area contributed by atoms with E-state index in [-0.39, 0.29) is 12.5 Å². The summed E-state index contributed by atoms with van der Waals surface area (Å²) in [4.78, 5) is 13.3. The number of likely N-dealkylation sites (tertiary alicyclic amines) is 1. The molecule has 2 heterocycles. The number of rotatable bonds is 5. The summed E-state index contributed by atoms with van der Waals surface area (Å²) in [5.41, 5.74) is 2.37. The van der Waals surface area contributed by atoms with E-state index in [1.54, 1.807) is 0 Å². The Balaban J connectivity index is 2.08. The van der Waals surface area contributed by atoms with Gasteiger partial charge in [-0.2, -0.15) is 5.10 Å². The number of nitrogens with zero attached hydrogens (tertiary/aromatic N) is 3. The van der Waals surface area contributed by atoms with Crippen LogP contribution in [0.25, 0.3) is 0 Å². The lowest BCUT2D eigenvalue weighted by Gasteiger charge is -2.34. The standard InChI is InChI=1S/C14H23N3O2/c1-3-13-11(9-16(2)15-13)10-17-7-5-4-6-12(17)8-14(18)19/h9,12H,3-8,10H2,1-2H3,(H,18,19). The molecule has 1 aliphatic rings. The number of aliphatic carboxylic acids is 1. The first kappa shape index (κ1) is 14.1. The van der Waals surface area contributed by atoms with Crippen molar-refractivity contribution in [2.45, 2.75) is 51.6 Å². The molecule has 1 atom stereocenters. The first-order valence-electron chi connectivity index (χ1n) is 7.07. The molecule has 2 rings (SSSR count). The van der Waals surface area contributed by atoms with Gasteiger partial charge < -0.3 is 5.11 Å². The molecule has 0 bridgehead atoms. The van der Waals surface area contributed by atoms with Crippen molar-refractivity contribution >= 4 is 5.97 Å². The third-order valence-corrected chi connectivity index (χ3v) is 3.86. The van der Waals surface area contributed by atoms with Crippen molar-refractivity contribution in [3.05, 3.63) is 17.5 Å². The largest absolute Gasteiger partial charge is 0.481 e. The molecule has 1 fully saturated rings. The average Bonchev–Trinajstić information content (AvgIpc) is 2.71. The minimum absolute atomic E-state index is 0.177. The number of carbonyl (C=O) groups is 1. The molecule has 1 unspecified atom stereocenters. The molecule has 0 aromatic carbocycles. The van der Waals surface area contributed by atoms with Gasteiger partial charge in [-0.25, -0.2) is 0 Å². The van der Waals surface area contributed by atoms with Gasteiger partial charge in [0, 0.05) is 31.4 Å². The maximum Gasteiger partial charge on any atom is 0.304 e. The summed E-state index contributed by atoms with van der Waals surface area (Å²) in [5, 5.41) is 13.5. The Kier molecular flexibility index (Phi) is 4.58. The van der Waals surface area contributed by atoms with Crippen LogP contribution in [0.1, 0.15) is 43.9 Å². The van der Waals surface area contributed by atoms with Crippen molar-refractivity contribution in [2.75, 3.05) is 6.54 Å². The zero-order chi connectivity index (χ0) is 13.8. The first-order chi connectivity index (χ1) is 9.10. The third-order valence-electron chi connectivity index (χ3n) is 3.86. The van der Waals surface area contributed by atoms with Crippen LogP contribution < -0.4 is 0 Å². The van der Waals surface area contributed by atoms with Crippen molar-refractivity contribution < 1.29 is 9.90 Å². The second-order valence-electron chi connectivity index (χ2n) is 5.35. The highest BCUT2D eigenvalue weighted by Crippen LogP contribution is 2.23. The van der Waals surface area contributed by atoms with Crippen LogP contribution in [0.5, 0.6) is 0 Å². The fraction of sp³-hybridized carbons (Fsp3) is 0.714. The molecular formula is C14H23N3O2. The first-order valence-corrected chi connectivity index (χ1v) is 7.07. The van der Waals surface area contributed by atoms with Crippen LogP contribution in [-0.4, -0.2) is 38.3 Å². The molecule has 0 radical (unpaired) electrons. The van der Waals surface area contributed by atoms with Gasteiger partial charge in [0.15, 0.2) is 0 Å². The zero-order valence-corrected chi connectivity index (χ0v) is 11.8. The Morgan fingerprint density at radius 1 is 1.53 bits per heavy atom. The molecule has 1 saturated heterocycles. The number of hydrogen-bond acceptors (Lipinski definition) is 3. The van der Waals surface area contributed by atoms with Crippen LogP contribution in [-0.2, 0) is 24.8 Å². The van der Waals surface area contributed by atoms with E-state index in [2.05, 4.69) is 23.1 Å². The van der Waals surface area contributed by atoms with E-state index in [1.165, 1.54) is 5.56 Å². The van der Waals surface area contributed by atoms with Crippen LogP contribution in [0, 0.1) is 0 Å². The molecule has 1 aromatic heterocycles. The van der Waals surface area contributed by atoms with Gasteiger partial charge in [-0.3, -0.25) is 14.4 Å². The Bertz CT molecular complexity index is 442. The Hall–Kier alpha value is -1.36. The van der Waals surface area contributed by atoms with Gasteiger partial charge >= 0.3 is 5.97 Å². The Morgan fingerprint density at radius 2 is 2.32 bits per heavy atom. The predicted molar refractivity (Wildman–Crippen MR) is 72.9 cm³/mol. The smallest absolute Gasteiger partial charge is 0.304 e. The average molecular weight is 265 g/mol. The SMILES string of the molecule is CCc1nn(C)cc1CN1CCCCC1CC(=O)O. The lowest BCUT2D eigenvalue weighted by Crippen LogP contribution is -2.40. The van der Waals surface area contributed by atoms with Crippen molar-refractivity contribution in [1.82, 2.24) is 14.7 Å². The number of hydrogen-bond donors (Lipinski definition) is 1. The second-order valence-corrected chi connectivity index (χ2v) is 5.35. The molecule has 1 N–H and O–H groups in total. The molecule has 106 valence electrons. The van der Waals surface area contributed by atoms with Crippen LogP contribution in [0.2, 0.25) is 0 Å². The minimum Gasteiger partial charge on any atom is -0.481 e. The van der Waals surface area contributed by atoms with E-state index < -0.39 is 5.97 Å². The number of carboxylic acid groups (broad SMARTS) is 1. The van der Waals surface area contributed by atoms with Gasteiger partial charge in [0.2, 0.25) is 0 Å². The van der Waals surface area contributed by atoms with Crippen molar-refractivity contribution in [3.63, 3.8) is 0 Å². The van der Waals surface area contributed by atoms with Gasteiger partial charge in [0.1, 0.15) is 0 Å². The third kappa shape index (κ3) is 3.56. The van der Waals surface area contributed by atoms with Gasteiger partial charge in [-0.05, 0) is 25.8 Å². The van der Waals surface area contributed by atoms with Crippen molar-refractivity contribution in [3.8, 4) is 0 Å². The fourth-order valence-electron chi connectivity index (χ4n) is 2.93. The van der Waals surface area contributed by atoms with Crippen molar-refractivity contribution in [2.24, 2.45) is 7.05 Å². The van der Waals surface area contributed by atoms with Crippen LogP contribution in [0.3, 0.4) is 0 Å². The molecule has 5 nitrogen and oxygen atoms in total. The molecule has 0 saturated carbocycles. The highest BCUT2D eigenvalue weighted by atomic mass is 16.4. The summed E-state index contributed by atoms with van der Waals surface area (Å²) in [6.07, 6.45) is 6.54. The monoisotopic (exact) mass is 265 g/mol. The quantitative estimate of drug-likeness (QED) is 0.882. The normalized spacial score (nSPS) is 20.6. The van der Waals surface area contributed by atoms with E-state index in [1.807, 2.05) is 11.7 Å². The molecule has 0 amide bonds. The summed E-state index contributed by atoms with van der Waals surface area (Å²) < 4.78 is 1.85. The van der Waals surface area contributed by atoms with Gasteiger partial charge in [-0.1, -0.05) is 13.3 Å². The molecule has 1 aromatic rings. The lowest BCUT2D eigenvalue weighted by atomic mass is 9.98. The van der Waals surface area contributed by atoms with Crippen LogP contribution >= 0.6 is 0 Å². The van der Waals surface area contributed by atoms with Crippen LogP contribution in [0.15, 0.2) is 6.20 Å². The van der Waals surface area contributed by atoms with E-state index in [4.69, 9.17) is 5.11 Å². The lowest BCUT2D eigenvalue weighted by molar-refractivity contribution is -0.138. The number of aromatic nitrogens is 2.